The summed E-state index contributed by atoms with van der Waals surface area (Å²) < 4.78 is 62.7. The first-order chi connectivity index (χ1) is 14.8. The number of ether oxygens (including phenoxy) is 2. The van der Waals surface area contributed by atoms with Gasteiger partial charge in [-0.05, 0) is 42.5 Å². The Morgan fingerprint density at radius 2 is 1.87 bits per heavy atom. The molecule has 31 heavy (non-hydrogen) atoms. The molecular weight excluding hydrogens is 412 g/mol. The van der Waals surface area contributed by atoms with Gasteiger partial charge >= 0.3 is 6.36 Å². The number of nitrogens with two attached hydrogens (primary N) is 1. The standard InChI is InChI=1S/C23H20F4N2O2/c24-21-18(16-7-10-20(28)29-12-16)8-9-19(15-4-2-5-15)22(21)30-13-14-3-1-6-17(11-14)31-23(25,26)27/h1,3,6-12,15H,2,4-5,13H2,(H2,28,29)/p+1. The molecule has 1 aromatic heterocycles. The summed E-state index contributed by atoms with van der Waals surface area (Å²) in [5, 5.41) is 0. The maximum Gasteiger partial charge on any atom is 0.573 e. The SMILES string of the molecule is Nc1ccc(-c2ccc(C3CCC3)c(OCc3cccc(OC(F)(F)F)c3)c2F)c[nH+]1. The van der Waals surface area contributed by atoms with Crippen LogP contribution in [0.15, 0.2) is 54.7 Å². The maximum atomic E-state index is 15.5. The number of halogens is 4. The van der Waals surface area contributed by atoms with E-state index in [2.05, 4.69) is 9.72 Å². The summed E-state index contributed by atoms with van der Waals surface area (Å²) in [4.78, 5) is 2.85. The maximum absolute atomic E-state index is 15.5. The summed E-state index contributed by atoms with van der Waals surface area (Å²) in [6.45, 7) is -0.0942. The van der Waals surface area contributed by atoms with Gasteiger partial charge in [-0.2, -0.15) is 0 Å². The molecular formula is C23H21F4N2O2+. The van der Waals surface area contributed by atoms with E-state index in [0.717, 1.165) is 24.8 Å². The van der Waals surface area contributed by atoms with Crippen LogP contribution in [0.3, 0.4) is 0 Å². The first-order valence-electron chi connectivity index (χ1n) is 9.87. The highest BCUT2D eigenvalue weighted by molar-refractivity contribution is 5.66. The predicted molar refractivity (Wildman–Crippen MR) is 107 cm³/mol. The number of hydrogen-bond donors (Lipinski definition) is 1. The Morgan fingerprint density at radius 3 is 2.52 bits per heavy atom. The third-order valence-electron chi connectivity index (χ3n) is 5.34. The Balaban J connectivity index is 1.62. The molecule has 0 atom stereocenters. The van der Waals surface area contributed by atoms with Crippen molar-refractivity contribution in [1.29, 1.82) is 0 Å². The van der Waals surface area contributed by atoms with Gasteiger partial charge in [0.15, 0.2) is 11.6 Å². The van der Waals surface area contributed by atoms with Crippen molar-refractivity contribution in [2.24, 2.45) is 0 Å². The zero-order valence-electron chi connectivity index (χ0n) is 16.5. The lowest BCUT2D eigenvalue weighted by molar-refractivity contribution is -0.359. The molecule has 0 radical (unpaired) electrons. The number of nitrogens with one attached hydrogen (secondary N) is 1. The van der Waals surface area contributed by atoms with Crippen LogP contribution in [-0.2, 0) is 6.61 Å². The minimum Gasteiger partial charge on any atom is -0.486 e. The predicted octanol–water partition coefficient (Wildman–Crippen LogP) is 5.63. The molecule has 0 unspecified atom stereocenters. The molecule has 8 heteroatoms. The molecule has 1 fully saturated rings. The van der Waals surface area contributed by atoms with Crippen LogP contribution in [0.2, 0.25) is 0 Å². The Morgan fingerprint density at radius 1 is 1.06 bits per heavy atom. The molecule has 4 nitrogen and oxygen atoms in total. The third-order valence-corrected chi connectivity index (χ3v) is 5.34. The zero-order valence-corrected chi connectivity index (χ0v) is 16.5. The van der Waals surface area contributed by atoms with Crippen molar-refractivity contribution < 1.29 is 32.0 Å². The molecule has 3 aromatic rings. The van der Waals surface area contributed by atoms with Gasteiger partial charge in [0.25, 0.3) is 5.82 Å². The second kappa shape index (κ2) is 8.45. The van der Waals surface area contributed by atoms with E-state index < -0.39 is 12.2 Å². The van der Waals surface area contributed by atoms with Crippen molar-refractivity contribution >= 4 is 5.82 Å². The number of pyridine rings is 1. The minimum absolute atomic E-state index is 0.0942. The normalized spacial score (nSPS) is 14.2. The van der Waals surface area contributed by atoms with Crippen molar-refractivity contribution in [2.45, 2.75) is 38.1 Å². The highest BCUT2D eigenvalue weighted by atomic mass is 19.4. The van der Waals surface area contributed by atoms with E-state index in [1.807, 2.05) is 6.07 Å². The van der Waals surface area contributed by atoms with E-state index in [1.54, 1.807) is 30.5 Å². The van der Waals surface area contributed by atoms with Crippen LogP contribution in [-0.4, -0.2) is 6.36 Å². The molecule has 4 rings (SSSR count). The fraction of sp³-hybridized carbons (Fsp3) is 0.261. The lowest BCUT2D eigenvalue weighted by Crippen LogP contribution is -2.17. The van der Waals surface area contributed by atoms with Crippen LogP contribution >= 0.6 is 0 Å². The third kappa shape index (κ3) is 4.90. The van der Waals surface area contributed by atoms with Crippen LogP contribution in [0.25, 0.3) is 11.1 Å². The molecule has 0 spiro atoms. The van der Waals surface area contributed by atoms with Gasteiger partial charge in [0.05, 0.1) is 6.20 Å². The largest absolute Gasteiger partial charge is 0.573 e. The number of nitrogen functional groups attached to an aromatic ring is 1. The van der Waals surface area contributed by atoms with Crippen LogP contribution in [0, 0.1) is 5.82 Å². The second-order valence-corrected chi connectivity index (χ2v) is 7.49. The van der Waals surface area contributed by atoms with Gasteiger partial charge < -0.3 is 9.47 Å². The first-order valence-corrected chi connectivity index (χ1v) is 9.87. The van der Waals surface area contributed by atoms with Crippen molar-refractivity contribution in [3.05, 3.63) is 71.7 Å². The molecule has 0 amide bonds. The average molecular weight is 433 g/mol. The van der Waals surface area contributed by atoms with Crippen LogP contribution in [0.5, 0.6) is 11.5 Å². The number of rotatable bonds is 6. The van der Waals surface area contributed by atoms with E-state index in [4.69, 9.17) is 10.5 Å². The number of alkyl halides is 3. The highest BCUT2D eigenvalue weighted by Gasteiger charge is 2.31. The fourth-order valence-corrected chi connectivity index (χ4v) is 3.57. The van der Waals surface area contributed by atoms with Crippen molar-refractivity contribution in [3.63, 3.8) is 0 Å². The van der Waals surface area contributed by atoms with Crippen LogP contribution in [0.1, 0.15) is 36.3 Å². The van der Waals surface area contributed by atoms with Crippen molar-refractivity contribution in [1.82, 2.24) is 0 Å². The number of hydrogen-bond acceptors (Lipinski definition) is 3. The lowest BCUT2D eigenvalue weighted by atomic mass is 9.79. The quantitative estimate of drug-likeness (QED) is 0.513. The molecule has 0 aliphatic heterocycles. The topological polar surface area (TPSA) is 58.6 Å². The van der Waals surface area contributed by atoms with E-state index in [-0.39, 0.29) is 24.0 Å². The number of benzene rings is 2. The molecule has 1 saturated carbocycles. The lowest BCUT2D eigenvalue weighted by Gasteiger charge is -2.28. The van der Waals surface area contributed by atoms with Gasteiger partial charge in [-0.25, -0.2) is 9.37 Å². The van der Waals surface area contributed by atoms with E-state index in [9.17, 15) is 13.2 Å². The fourth-order valence-electron chi connectivity index (χ4n) is 3.57. The van der Waals surface area contributed by atoms with Gasteiger partial charge in [-0.1, -0.05) is 30.7 Å². The van der Waals surface area contributed by atoms with Crippen molar-refractivity contribution in [2.75, 3.05) is 5.73 Å². The van der Waals surface area contributed by atoms with Crippen molar-refractivity contribution in [3.8, 4) is 22.6 Å². The van der Waals surface area contributed by atoms with Gasteiger partial charge in [-0.3, -0.25) is 5.73 Å². The Kier molecular flexibility index (Phi) is 5.71. The van der Waals surface area contributed by atoms with Gasteiger partial charge in [-0.15, -0.1) is 13.2 Å². The summed E-state index contributed by atoms with van der Waals surface area (Å²) in [6.07, 6.45) is -0.220. The zero-order chi connectivity index (χ0) is 22.0. The Labute approximate surface area is 176 Å². The molecule has 1 heterocycles. The number of anilines is 1. The average Bonchev–Trinajstić information content (AvgIpc) is 2.66. The van der Waals surface area contributed by atoms with Crippen LogP contribution in [0.4, 0.5) is 23.4 Å². The number of aromatic amines is 1. The molecule has 1 aliphatic carbocycles. The highest BCUT2D eigenvalue weighted by Crippen LogP contribution is 2.44. The Hall–Kier alpha value is -3.29. The summed E-state index contributed by atoms with van der Waals surface area (Å²) in [5.41, 5.74) is 7.84. The van der Waals surface area contributed by atoms with E-state index in [1.165, 1.54) is 18.2 Å². The Bertz CT molecular complexity index is 1060. The molecule has 1 aliphatic rings. The molecule has 3 N–H and O–H groups in total. The van der Waals surface area contributed by atoms with Gasteiger partial charge in [0.1, 0.15) is 12.4 Å². The molecule has 162 valence electrons. The number of aromatic nitrogens is 1. The summed E-state index contributed by atoms with van der Waals surface area (Å²) in [5.74, 6) is -0.0741. The van der Waals surface area contributed by atoms with E-state index >= 15 is 4.39 Å². The molecule has 0 saturated heterocycles. The van der Waals surface area contributed by atoms with Crippen LogP contribution < -0.4 is 20.2 Å². The molecule has 0 bridgehead atoms. The van der Waals surface area contributed by atoms with E-state index in [0.29, 0.717) is 22.5 Å². The second-order valence-electron chi connectivity index (χ2n) is 7.49. The monoisotopic (exact) mass is 433 g/mol. The summed E-state index contributed by atoms with van der Waals surface area (Å²) >= 11 is 0. The minimum atomic E-state index is -4.78. The number of H-pyrrole nitrogens is 1. The molecule has 2 aromatic carbocycles. The smallest absolute Gasteiger partial charge is 0.486 e. The van der Waals surface area contributed by atoms with Gasteiger partial charge in [0.2, 0.25) is 0 Å². The summed E-state index contributed by atoms with van der Waals surface area (Å²) in [7, 11) is 0. The summed E-state index contributed by atoms with van der Waals surface area (Å²) in [6, 6.07) is 12.4. The first kappa shape index (κ1) is 21.0. The van der Waals surface area contributed by atoms with Gasteiger partial charge in [0, 0.05) is 22.8 Å².